The minimum atomic E-state index is -0.651. The van der Waals surface area contributed by atoms with E-state index in [9.17, 15) is 0 Å². The van der Waals surface area contributed by atoms with Gasteiger partial charge in [-0.05, 0) is 56.5 Å². The number of pyridine rings is 3. The number of fused-ring (bicyclic) bond motifs is 9. The van der Waals surface area contributed by atoms with Crippen molar-refractivity contribution in [2.75, 3.05) is 0 Å². The number of hydrogen-bond donors (Lipinski definition) is 0. The van der Waals surface area contributed by atoms with Gasteiger partial charge >= 0.3 is 0 Å². The van der Waals surface area contributed by atoms with E-state index in [2.05, 4.69) is 89.4 Å². The monoisotopic (exact) mass is 610 g/mol. The van der Waals surface area contributed by atoms with Gasteiger partial charge in [-0.1, -0.05) is 50.2 Å². The number of halogens is 1. The summed E-state index contributed by atoms with van der Waals surface area (Å²) in [6.45, 7) is 10.2. The third-order valence-corrected chi connectivity index (χ3v) is 9.51. The van der Waals surface area contributed by atoms with E-state index in [4.69, 9.17) is 9.72 Å². The number of hydrogen-bond acceptors (Lipinski definition) is 3. The maximum absolute atomic E-state index is 15.8. The summed E-state index contributed by atoms with van der Waals surface area (Å²) in [7, 11) is 4.08. The molecular weight excluding hydrogens is 575 g/mol. The Hall–Kier alpha value is -5.37. The number of benzene rings is 3. The normalized spacial score (nSPS) is 12.1. The average molecular weight is 611 g/mol. The highest BCUT2D eigenvalue weighted by molar-refractivity contribution is 6.13. The second-order valence-corrected chi connectivity index (χ2v) is 12.5. The summed E-state index contributed by atoms with van der Waals surface area (Å²) < 4.78 is 30.9. The fraction of sp³-hybridized carbons (Fsp3) is 0.211. The van der Waals surface area contributed by atoms with Gasteiger partial charge in [-0.3, -0.25) is 4.98 Å². The molecule has 0 atom stereocenters. The van der Waals surface area contributed by atoms with Gasteiger partial charge in [0.05, 0.1) is 46.8 Å². The first kappa shape index (κ1) is 28.1. The molecule has 7 nitrogen and oxygen atoms in total. The van der Waals surface area contributed by atoms with Crippen LogP contribution >= 0.6 is 0 Å². The fourth-order valence-corrected chi connectivity index (χ4v) is 7.26. The number of aromatic nitrogens is 6. The largest absolute Gasteiger partial charge is 0.450 e. The molecule has 8 rings (SSSR count). The second kappa shape index (κ2) is 10.1. The molecule has 3 aromatic carbocycles. The van der Waals surface area contributed by atoms with E-state index in [1.54, 1.807) is 6.20 Å². The molecule has 46 heavy (non-hydrogen) atoms. The van der Waals surface area contributed by atoms with Crippen LogP contribution in [0.25, 0.3) is 55.1 Å². The Labute approximate surface area is 265 Å². The molecule has 0 spiro atoms. The van der Waals surface area contributed by atoms with Crippen molar-refractivity contribution in [3.05, 3.63) is 107 Å². The minimum absolute atomic E-state index is 0.0900. The molecular formula is C38H35FN6O+2. The van der Waals surface area contributed by atoms with Crippen molar-refractivity contribution in [1.29, 1.82) is 0 Å². The third-order valence-electron chi connectivity index (χ3n) is 9.51. The Bertz CT molecular complexity index is 2560. The van der Waals surface area contributed by atoms with Crippen LogP contribution < -0.4 is 14.0 Å². The van der Waals surface area contributed by atoms with Crippen LogP contribution in [0.15, 0.2) is 79.1 Å². The molecule has 0 aliphatic rings. The van der Waals surface area contributed by atoms with E-state index in [1.807, 2.05) is 55.5 Å². The van der Waals surface area contributed by atoms with Gasteiger partial charge in [-0.2, -0.15) is 8.79 Å². The number of aryl methyl sites for hydroxylation is 4. The molecule has 0 fully saturated rings. The van der Waals surface area contributed by atoms with Crippen LogP contribution in [0.2, 0.25) is 0 Å². The zero-order chi connectivity index (χ0) is 32.0. The molecule has 228 valence electrons. The van der Waals surface area contributed by atoms with Gasteiger partial charge < -0.3 is 4.74 Å². The lowest BCUT2D eigenvalue weighted by atomic mass is 9.95. The summed E-state index contributed by atoms with van der Waals surface area (Å²) in [6.07, 6.45) is 3.78. The van der Waals surface area contributed by atoms with Crippen molar-refractivity contribution >= 4 is 49.4 Å². The van der Waals surface area contributed by atoms with Crippen molar-refractivity contribution in [3.63, 3.8) is 0 Å². The van der Waals surface area contributed by atoms with Gasteiger partial charge in [-0.25, -0.2) is 9.55 Å². The summed E-state index contributed by atoms with van der Waals surface area (Å²) in [6, 6.07) is 23.1. The Morgan fingerprint density at radius 2 is 1.54 bits per heavy atom. The van der Waals surface area contributed by atoms with E-state index < -0.39 is 5.95 Å². The lowest BCUT2D eigenvalue weighted by molar-refractivity contribution is -0.720. The molecule has 0 unspecified atom stereocenters. The van der Waals surface area contributed by atoms with Gasteiger partial charge in [0.25, 0.3) is 11.6 Å². The first-order chi connectivity index (χ1) is 22.2. The summed E-state index contributed by atoms with van der Waals surface area (Å²) in [4.78, 5) is 9.39. The topological polar surface area (TPSA) is 52.1 Å². The van der Waals surface area contributed by atoms with Crippen molar-refractivity contribution < 1.29 is 18.4 Å². The van der Waals surface area contributed by atoms with Gasteiger partial charge in [0.2, 0.25) is 5.52 Å². The number of imidazole rings is 1. The van der Waals surface area contributed by atoms with E-state index in [0.29, 0.717) is 22.9 Å². The molecule has 8 aromatic rings. The standard InChI is InChI=1S/C38H35FN6O/c1-21(2)26-14-12-18-30-33(26)34-32(38-42(6)28-16-10-11-17-29(28)45(30)38)22(3)31(19-40-34)46-36-23(4)35(24(5)41-37(36)39)44-20-25-13-8-9-15-27(25)43(44)7/h8-21H,1-7H3/q+2. The van der Waals surface area contributed by atoms with Crippen molar-refractivity contribution in [1.82, 2.24) is 19.1 Å². The molecule has 0 aliphatic heterocycles. The Balaban J connectivity index is 1.41. The number of nitrogens with zero attached hydrogens (tertiary/aromatic N) is 6. The van der Waals surface area contributed by atoms with Crippen molar-refractivity contribution in [3.8, 4) is 17.2 Å². The predicted molar refractivity (Wildman–Crippen MR) is 179 cm³/mol. The quantitative estimate of drug-likeness (QED) is 0.116. The zero-order valence-corrected chi connectivity index (χ0v) is 27.1. The van der Waals surface area contributed by atoms with Crippen LogP contribution in [0.5, 0.6) is 11.5 Å². The smallest absolute Gasteiger partial charge is 0.297 e. The van der Waals surface area contributed by atoms with Crippen molar-refractivity contribution in [2.24, 2.45) is 14.1 Å². The Morgan fingerprint density at radius 3 is 2.30 bits per heavy atom. The molecule has 0 N–H and O–H groups in total. The molecule has 0 bridgehead atoms. The number of rotatable bonds is 4. The minimum Gasteiger partial charge on any atom is -0.450 e. The van der Waals surface area contributed by atoms with Gasteiger partial charge in [0.1, 0.15) is 17.0 Å². The molecule has 8 heteroatoms. The van der Waals surface area contributed by atoms with Gasteiger partial charge in [-0.15, -0.1) is 9.36 Å². The van der Waals surface area contributed by atoms with Crippen LogP contribution in [0, 0.1) is 26.7 Å². The second-order valence-electron chi connectivity index (χ2n) is 12.5. The molecule has 0 saturated heterocycles. The van der Waals surface area contributed by atoms with Gasteiger partial charge in [0, 0.05) is 17.2 Å². The predicted octanol–water partition coefficient (Wildman–Crippen LogP) is 7.76. The zero-order valence-electron chi connectivity index (χ0n) is 27.1. The van der Waals surface area contributed by atoms with Crippen LogP contribution in [0.1, 0.15) is 42.1 Å². The molecule has 5 aromatic heterocycles. The summed E-state index contributed by atoms with van der Waals surface area (Å²) in [5.41, 5.74) is 10.4. The molecule has 0 saturated carbocycles. The summed E-state index contributed by atoms with van der Waals surface area (Å²) in [5, 5.41) is 3.16. The van der Waals surface area contributed by atoms with E-state index in [1.165, 1.54) is 5.56 Å². The summed E-state index contributed by atoms with van der Waals surface area (Å²) >= 11 is 0. The summed E-state index contributed by atoms with van der Waals surface area (Å²) in [5.74, 6) is 0.217. The maximum Gasteiger partial charge on any atom is 0.297 e. The van der Waals surface area contributed by atoms with Crippen molar-refractivity contribution in [2.45, 2.75) is 40.5 Å². The number of para-hydroxylation sites is 3. The van der Waals surface area contributed by atoms with Crippen LogP contribution in [0.4, 0.5) is 4.39 Å². The highest BCUT2D eigenvalue weighted by Gasteiger charge is 2.29. The highest BCUT2D eigenvalue weighted by Crippen LogP contribution is 2.40. The average Bonchev–Trinajstić information content (AvgIpc) is 3.53. The van der Waals surface area contributed by atoms with Crippen LogP contribution in [0.3, 0.4) is 0 Å². The SMILES string of the molecule is Cc1nc(F)c(Oc2cnc3c4c(C(C)C)cccc4n4c5ccccc5[n+](C)c4c3c2C)c(C)c1-n1cc2ccccc2[n+]1C. The third kappa shape index (κ3) is 3.82. The van der Waals surface area contributed by atoms with Crippen LogP contribution in [-0.2, 0) is 14.1 Å². The fourth-order valence-electron chi connectivity index (χ4n) is 7.26. The highest BCUT2D eigenvalue weighted by atomic mass is 19.1. The van der Waals surface area contributed by atoms with Crippen LogP contribution in [-0.4, -0.2) is 19.1 Å². The maximum atomic E-state index is 15.8. The lowest BCUT2D eigenvalue weighted by Crippen LogP contribution is -2.38. The first-order valence-corrected chi connectivity index (χ1v) is 15.6. The lowest BCUT2D eigenvalue weighted by Gasteiger charge is -2.17. The van der Waals surface area contributed by atoms with E-state index in [-0.39, 0.29) is 5.75 Å². The molecule has 5 heterocycles. The first-order valence-electron chi connectivity index (χ1n) is 15.6. The number of ether oxygens (including phenoxy) is 1. The molecule has 0 aliphatic carbocycles. The Kier molecular flexibility index (Phi) is 6.16. The van der Waals surface area contributed by atoms with Gasteiger partial charge in [0.15, 0.2) is 23.8 Å². The van der Waals surface area contributed by atoms with E-state index in [0.717, 1.165) is 60.6 Å². The molecule has 0 amide bonds. The molecule has 0 radical (unpaired) electrons. The van der Waals surface area contributed by atoms with E-state index >= 15 is 4.39 Å². The Morgan fingerprint density at radius 1 is 0.826 bits per heavy atom.